The van der Waals surface area contributed by atoms with Crippen LogP contribution in [0.15, 0.2) is 23.4 Å². The van der Waals surface area contributed by atoms with Gasteiger partial charge in [0.15, 0.2) is 17.1 Å². The Morgan fingerprint density at radius 2 is 2.03 bits per heavy atom. The molecule has 1 aromatic carbocycles. The summed E-state index contributed by atoms with van der Waals surface area (Å²) in [6.07, 6.45) is 4.67. The largest absolute Gasteiger partial charge is 0.483 e. The standard InChI is InChI=1S/C26H31ClN4O4S2/c1-5-31-23(16(3)35-17-11-12-19(27)15(2)13-17)29-30-26(31)36-14-21(32)28-24-22(25(33)34-4)18-9-7-6-8-10-20(18)37-24/h11-13,16H,5-10,14H2,1-4H3,(H,28,32). The predicted molar refractivity (Wildman–Crippen MR) is 147 cm³/mol. The van der Waals surface area contributed by atoms with Crippen LogP contribution in [0.5, 0.6) is 5.75 Å². The van der Waals surface area contributed by atoms with Gasteiger partial charge >= 0.3 is 5.97 Å². The average Bonchev–Trinajstić information content (AvgIpc) is 3.37. The maximum Gasteiger partial charge on any atom is 0.341 e. The molecule has 1 N–H and O–H groups in total. The molecule has 4 rings (SSSR count). The lowest BCUT2D eigenvalue weighted by molar-refractivity contribution is -0.113. The molecule has 2 heterocycles. The van der Waals surface area contributed by atoms with E-state index in [0.717, 1.165) is 43.2 Å². The molecule has 1 aliphatic rings. The zero-order valence-corrected chi connectivity index (χ0v) is 23.8. The minimum Gasteiger partial charge on any atom is -0.483 e. The average molecular weight is 563 g/mol. The van der Waals surface area contributed by atoms with Gasteiger partial charge in [0.25, 0.3) is 0 Å². The maximum absolute atomic E-state index is 12.9. The first-order chi connectivity index (χ1) is 17.8. The zero-order chi connectivity index (χ0) is 26.5. The van der Waals surface area contributed by atoms with Crippen molar-refractivity contribution in [2.45, 2.75) is 70.7 Å². The van der Waals surface area contributed by atoms with E-state index in [1.54, 1.807) is 6.07 Å². The van der Waals surface area contributed by atoms with E-state index in [0.29, 0.717) is 38.9 Å². The van der Waals surface area contributed by atoms with Gasteiger partial charge in [-0.2, -0.15) is 0 Å². The fourth-order valence-electron chi connectivity index (χ4n) is 4.39. The molecule has 11 heteroatoms. The molecule has 37 heavy (non-hydrogen) atoms. The molecule has 1 unspecified atom stereocenters. The van der Waals surface area contributed by atoms with Crippen LogP contribution in [0.25, 0.3) is 0 Å². The highest BCUT2D eigenvalue weighted by Gasteiger charge is 2.26. The highest BCUT2D eigenvalue weighted by molar-refractivity contribution is 7.99. The van der Waals surface area contributed by atoms with Crippen LogP contribution in [0.1, 0.15) is 71.4 Å². The van der Waals surface area contributed by atoms with Gasteiger partial charge in [0.2, 0.25) is 5.91 Å². The number of nitrogens with zero attached hydrogens (tertiary/aromatic N) is 3. The molecule has 1 atom stereocenters. The monoisotopic (exact) mass is 562 g/mol. The molecule has 198 valence electrons. The summed E-state index contributed by atoms with van der Waals surface area (Å²) in [4.78, 5) is 26.6. The number of aryl methyl sites for hydroxylation is 2. The SMILES string of the molecule is CCn1c(SCC(=O)Nc2sc3c(c2C(=O)OC)CCCCC3)nnc1C(C)Oc1ccc(Cl)c(C)c1. The second-order valence-electron chi connectivity index (χ2n) is 8.85. The lowest BCUT2D eigenvalue weighted by Gasteiger charge is -2.16. The number of nitrogens with one attached hydrogen (secondary N) is 1. The van der Waals surface area contributed by atoms with Crippen LogP contribution >= 0.6 is 34.7 Å². The minimum atomic E-state index is -0.400. The normalized spacial score (nSPS) is 14.0. The van der Waals surface area contributed by atoms with E-state index < -0.39 is 5.97 Å². The first-order valence-electron chi connectivity index (χ1n) is 12.3. The van der Waals surface area contributed by atoms with E-state index >= 15 is 0 Å². The third kappa shape index (κ3) is 6.30. The predicted octanol–water partition coefficient (Wildman–Crippen LogP) is 6.25. The Bertz CT molecular complexity index is 1290. The third-order valence-corrected chi connectivity index (χ3v) is 8.86. The molecule has 0 saturated carbocycles. The van der Waals surface area contributed by atoms with E-state index in [-0.39, 0.29) is 17.8 Å². The molecular weight excluding hydrogens is 532 g/mol. The number of hydrogen-bond acceptors (Lipinski definition) is 8. The van der Waals surface area contributed by atoms with E-state index in [1.807, 2.05) is 37.5 Å². The molecular formula is C26H31ClN4O4S2. The lowest BCUT2D eigenvalue weighted by atomic mass is 10.1. The molecule has 0 saturated heterocycles. The Morgan fingerprint density at radius 3 is 2.76 bits per heavy atom. The fraction of sp³-hybridized carbons (Fsp3) is 0.462. The van der Waals surface area contributed by atoms with Crippen LogP contribution < -0.4 is 10.1 Å². The number of esters is 1. The van der Waals surface area contributed by atoms with Crippen molar-refractivity contribution in [1.29, 1.82) is 0 Å². The van der Waals surface area contributed by atoms with Crippen molar-refractivity contribution in [3.05, 3.63) is 50.6 Å². The summed E-state index contributed by atoms with van der Waals surface area (Å²) in [6.45, 7) is 6.47. The summed E-state index contributed by atoms with van der Waals surface area (Å²) in [5.41, 5.74) is 2.46. The fourth-order valence-corrected chi connectivity index (χ4v) is 6.61. The quantitative estimate of drug-likeness (QED) is 0.187. The van der Waals surface area contributed by atoms with Gasteiger partial charge in [-0.1, -0.05) is 29.8 Å². The van der Waals surface area contributed by atoms with Crippen LogP contribution in [0, 0.1) is 6.92 Å². The van der Waals surface area contributed by atoms with Crippen molar-refractivity contribution < 1.29 is 19.1 Å². The summed E-state index contributed by atoms with van der Waals surface area (Å²) >= 11 is 8.91. The van der Waals surface area contributed by atoms with Crippen molar-refractivity contribution in [2.75, 3.05) is 18.2 Å². The number of hydrogen-bond donors (Lipinski definition) is 1. The number of carbonyl (C=O) groups is 2. The Hall–Kier alpha value is -2.56. The summed E-state index contributed by atoms with van der Waals surface area (Å²) in [6, 6.07) is 5.52. The first-order valence-corrected chi connectivity index (χ1v) is 14.5. The number of rotatable bonds is 9. The third-order valence-electron chi connectivity index (χ3n) is 6.26. The molecule has 1 aliphatic carbocycles. The Kier molecular flexibility index (Phi) is 9.15. The van der Waals surface area contributed by atoms with Crippen molar-refractivity contribution in [2.24, 2.45) is 0 Å². The second kappa shape index (κ2) is 12.3. The molecule has 0 fully saturated rings. The second-order valence-corrected chi connectivity index (χ2v) is 11.3. The Morgan fingerprint density at radius 1 is 1.24 bits per heavy atom. The number of halogens is 1. The van der Waals surface area contributed by atoms with Crippen molar-refractivity contribution >= 4 is 51.6 Å². The number of carbonyl (C=O) groups excluding carboxylic acids is 2. The van der Waals surface area contributed by atoms with Crippen LogP contribution in [-0.2, 0) is 28.9 Å². The molecule has 3 aromatic rings. The number of benzene rings is 1. The van der Waals surface area contributed by atoms with Gasteiger partial charge in [0, 0.05) is 16.4 Å². The molecule has 0 spiro atoms. The molecule has 2 aromatic heterocycles. The van der Waals surface area contributed by atoms with E-state index in [2.05, 4.69) is 15.5 Å². The van der Waals surface area contributed by atoms with Gasteiger partial charge in [0.1, 0.15) is 10.8 Å². The van der Waals surface area contributed by atoms with E-state index in [1.165, 1.54) is 35.1 Å². The van der Waals surface area contributed by atoms with Gasteiger partial charge in [-0.05, 0) is 75.8 Å². The van der Waals surface area contributed by atoms with Crippen LogP contribution in [-0.4, -0.2) is 39.5 Å². The Balaban J connectivity index is 1.43. The van der Waals surface area contributed by atoms with Gasteiger partial charge in [-0.15, -0.1) is 21.5 Å². The maximum atomic E-state index is 12.9. The zero-order valence-electron chi connectivity index (χ0n) is 21.4. The van der Waals surface area contributed by atoms with Crippen molar-refractivity contribution in [1.82, 2.24) is 14.8 Å². The summed E-state index contributed by atoms with van der Waals surface area (Å²) in [7, 11) is 1.37. The minimum absolute atomic E-state index is 0.132. The lowest BCUT2D eigenvalue weighted by Crippen LogP contribution is -2.17. The summed E-state index contributed by atoms with van der Waals surface area (Å²) in [5, 5.41) is 13.5. The highest BCUT2D eigenvalue weighted by atomic mass is 35.5. The number of methoxy groups -OCH3 is 1. The molecule has 0 bridgehead atoms. The number of anilines is 1. The number of amides is 1. The van der Waals surface area contributed by atoms with Gasteiger partial charge in [-0.25, -0.2) is 4.79 Å². The van der Waals surface area contributed by atoms with Gasteiger partial charge < -0.3 is 19.4 Å². The highest BCUT2D eigenvalue weighted by Crippen LogP contribution is 2.38. The van der Waals surface area contributed by atoms with E-state index in [4.69, 9.17) is 21.1 Å². The molecule has 1 amide bonds. The number of aromatic nitrogens is 3. The summed E-state index contributed by atoms with van der Waals surface area (Å²) in [5.74, 6) is 0.895. The number of thioether (sulfide) groups is 1. The van der Waals surface area contributed by atoms with Crippen molar-refractivity contribution in [3.8, 4) is 5.75 Å². The number of ether oxygens (including phenoxy) is 2. The molecule has 0 radical (unpaired) electrons. The summed E-state index contributed by atoms with van der Waals surface area (Å²) < 4.78 is 13.1. The van der Waals surface area contributed by atoms with Gasteiger partial charge in [0.05, 0.1) is 18.4 Å². The Labute approximate surface area is 230 Å². The topological polar surface area (TPSA) is 95.3 Å². The van der Waals surface area contributed by atoms with Gasteiger partial charge in [-0.3, -0.25) is 4.79 Å². The van der Waals surface area contributed by atoms with Crippen LogP contribution in [0.4, 0.5) is 5.00 Å². The molecule has 0 aliphatic heterocycles. The van der Waals surface area contributed by atoms with Crippen LogP contribution in [0.3, 0.4) is 0 Å². The number of fused-ring (bicyclic) bond motifs is 1. The smallest absolute Gasteiger partial charge is 0.341 e. The van der Waals surface area contributed by atoms with Crippen molar-refractivity contribution in [3.63, 3.8) is 0 Å². The first kappa shape index (κ1) is 27.5. The van der Waals surface area contributed by atoms with Crippen LogP contribution in [0.2, 0.25) is 5.02 Å². The molecule has 8 nitrogen and oxygen atoms in total. The van der Waals surface area contributed by atoms with E-state index in [9.17, 15) is 9.59 Å². The number of thiophene rings is 1.